The molecular weight excluding hydrogens is 573 g/mol. The number of hydrogen-bond donors (Lipinski definition) is 1. The monoisotopic (exact) mass is 602 g/mol. The Morgan fingerprint density at radius 2 is 1.82 bits per heavy atom. The number of alkyl halides is 3. The van der Waals surface area contributed by atoms with Crippen LogP contribution in [0.5, 0.6) is 0 Å². The largest absolute Gasteiger partial charge is 0.417 e. The average Bonchev–Trinajstić information content (AvgIpc) is 3.54. The number of benzene rings is 2. The van der Waals surface area contributed by atoms with E-state index < -0.39 is 23.2 Å². The molecule has 1 N–H and O–H groups in total. The predicted molar refractivity (Wildman–Crippen MR) is 158 cm³/mol. The molecule has 9 nitrogen and oxygen atoms in total. The van der Waals surface area contributed by atoms with Crippen LogP contribution in [0.15, 0.2) is 78.0 Å². The van der Waals surface area contributed by atoms with E-state index in [-0.39, 0.29) is 23.4 Å². The van der Waals surface area contributed by atoms with Gasteiger partial charge in [0.05, 0.1) is 34.6 Å². The normalized spacial score (nSPS) is 14.2. The second kappa shape index (κ2) is 12.0. The molecule has 12 heteroatoms. The number of amides is 1. The third-order valence-electron chi connectivity index (χ3n) is 7.82. The highest BCUT2D eigenvalue weighted by Gasteiger charge is 2.35. The maximum absolute atomic E-state index is 13.7. The van der Waals surface area contributed by atoms with Crippen molar-refractivity contribution in [3.63, 3.8) is 0 Å². The number of halogens is 3. The summed E-state index contributed by atoms with van der Waals surface area (Å²) >= 11 is 0. The van der Waals surface area contributed by atoms with Gasteiger partial charge in [-0.15, -0.1) is 0 Å². The zero-order valence-corrected chi connectivity index (χ0v) is 23.8. The maximum Gasteiger partial charge on any atom is 0.417 e. The van der Waals surface area contributed by atoms with E-state index in [2.05, 4.69) is 26.6 Å². The number of hydrogen-bond acceptors (Lipinski definition) is 6. The van der Waals surface area contributed by atoms with E-state index in [9.17, 15) is 22.8 Å². The fourth-order valence-corrected chi connectivity index (χ4v) is 5.40. The summed E-state index contributed by atoms with van der Waals surface area (Å²) in [6.45, 7) is 1.68. The van der Waals surface area contributed by atoms with Crippen molar-refractivity contribution in [1.82, 2.24) is 29.9 Å². The molecule has 5 aromatic rings. The third-order valence-corrected chi connectivity index (χ3v) is 7.82. The first-order valence-electron chi connectivity index (χ1n) is 14.2. The van der Waals surface area contributed by atoms with Crippen LogP contribution in [0.4, 0.5) is 13.2 Å². The van der Waals surface area contributed by atoms with E-state index >= 15 is 0 Å². The Labute approximate surface area is 250 Å². The Morgan fingerprint density at radius 3 is 2.59 bits per heavy atom. The highest BCUT2D eigenvalue weighted by Crippen LogP contribution is 2.35. The molecule has 1 aliphatic heterocycles. The van der Waals surface area contributed by atoms with E-state index in [1.807, 2.05) is 41.5 Å². The Balaban J connectivity index is 1.22. The summed E-state index contributed by atoms with van der Waals surface area (Å²) in [5, 5.41) is 12.1. The van der Waals surface area contributed by atoms with Gasteiger partial charge in [-0.1, -0.05) is 12.1 Å². The van der Waals surface area contributed by atoms with Crippen molar-refractivity contribution >= 4 is 16.8 Å². The lowest BCUT2D eigenvalue weighted by molar-refractivity contribution is -0.137. The van der Waals surface area contributed by atoms with Gasteiger partial charge in [0.15, 0.2) is 0 Å². The van der Waals surface area contributed by atoms with Crippen LogP contribution in [-0.4, -0.2) is 50.7 Å². The van der Waals surface area contributed by atoms with E-state index in [0.29, 0.717) is 12.5 Å². The van der Waals surface area contributed by atoms with Crippen LogP contribution in [0.25, 0.3) is 33.3 Å². The zero-order valence-electron chi connectivity index (χ0n) is 23.8. The van der Waals surface area contributed by atoms with E-state index in [0.717, 1.165) is 65.8 Å². The number of carbonyl (C=O) groups is 1. The van der Waals surface area contributed by atoms with Crippen molar-refractivity contribution in [2.45, 2.75) is 38.0 Å². The van der Waals surface area contributed by atoms with Crippen LogP contribution in [0.3, 0.4) is 0 Å². The number of rotatable bonds is 7. The van der Waals surface area contributed by atoms with Gasteiger partial charge in [-0.2, -0.15) is 23.4 Å². The molecule has 226 valence electrons. The van der Waals surface area contributed by atoms with Crippen LogP contribution in [0, 0.1) is 0 Å². The number of nitrogens with zero attached hydrogens (tertiary/aromatic N) is 5. The van der Waals surface area contributed by atoms with Crippen LogP contribution in [0.2, 0.25) is 0 Å². The molecule has 0 spiro atoms. The van der Waals surface area contributed by atoms with Crippen LogP contribution < -0.4 is 10.9 Å². The summed E-state index contributed by atoms with van der Waals surface area (Å²) in [5.41, 5.74) is 2.08. The summed E-state index contributed by atoms with van der Waals surface area (Å²) in [6.07, 6.45) is 3.28. The highest BCUT2D eigenvalue weighted by atomic mass is 19.4. The van der Waals surface area contributed by atoms with Gasteiger partial charge in [-0.05, 0) is 61.2 Å². The van der Waals surface area contributed by atoms with E-state index in [1.54, 1.807) is 0 Å². The third kappa shape index (κ3) is 6.11. The van der Waals surface area contributed by atoms with Gasteiger partial charge in [-0.25, -0.2) is 4.68 Å². The van der Waals surface area contributed by atoms with Gasteiger partial charge >= 0.3 is 6.18 Å². The minimum Gasteiger partial charge on any atom is -0.381 e. The Hall–Kier alpha value is -4.84. The fraction of sp³-hybridized carbons (Fsp3) is 0.281. The minimum absolute atomic E-state index is 0.142. The Bertz CT molecular complexity index is 1890. The zero-order chi connectivity index (χ0) is 30.8. The number of pyridine rings is 1. The topological polar surface area (TPSA) is 104 Å². The van der Waals surface area contributed by atoms with Gasteiger partial charge in [0, 0.05) is 67.3 Å². The van der Waals surface area contributed by atoms with Gasteiger partial charge in [0.2, 0.25) is 0 Å². The molecule has 6 rings (SSSR count). The van der Waals surface area contributed by atoms with Crippen molar-refractivity contribution in [3.8, 4) is 22.4 Å². The molecular formula is C32H29F3N6O3. The standard InChI is InChI=1S/C32H29F3N6O3/c1-36-31(43)26-4-3-21(16-27(26)32(33,34)35)29-6-7-30(42)40(39-29)11-8-20-2-5-28-22(14-20)15-23(17-37-28)24-18-38-41(19-24)25-9-12-44-13-10-25/h2-7,14-19,25H,8-13H2,1H3,(H,36,43). The molecule has 2 aromatic carbocycles. The van der Waals surface area contributed by atoms with Gasteiger partial charge < -0.3 is 10.1 Å². The summed E-state index contributed by atoms with van der Waals surface area (Å²) in [7, 11) is 1.27. The molecule has 1 aliphatic rings. The van der Waals surface area contributed by atoms with Crippen molar-refractivity contribution in [3.05, 3.63) is 100 Å². The van der Waals surface area contributed by atoms with Crippen LogP contribution in [-0.2, 0) is 23.9 Å². The molecule has 1 fully saturated rings. The Kier molecular flexibility index (Phi) is 8.00. The van der Waals surface area contributed by atoms with Crippen molar-refractivity contribution < 1.29 is 22.7 Å². The molecule has 1 amide bonds. The lowest BCUT2D eigenvalue weighted by atomic mass is 10.0. The summed E-state index contributed by atoms with van der Waals surface area (Å²) in [4.78, 5) is 29.2. The molecule has 3 aromatic heterocycles. The van der Waals surface area contributed by atoms with Crippen molar-refractivity contribution in [1.29, 1.82) is 0 Å². The maximum atomic E-state index is 13.7. The molecule has 0 bridgehead atoms. The molecule has 0 atom stereocenters. The van der Waals surface area contributed by atoms with Crippen molar-refractivity contribution in [2.75, 3.05) is 20.3 Å². The molecule has 0 unspecified atom stereocenters. The second-order valence-electron chi connectivity index (χ2n) is 10.7. The fourth-order valence-electron chi connectivity index (χ4n) is 5.40. The second-order valence-corrected chi connectivity index (χ2v) is 10.7. The molecule has 0 aliphatic carbocycles. The number of nitrogens with one attached hydrogen (secondary N) is 1. The number of fused-ring (bicyclic) bond motifs is 1. The van der Waals surface area contributed by atoms with Gasteiger partial charge in [0.25, 0.3) is 11.5 Å². The van der Waals surface area contributed by atoms with E-state index in [1.165, 1.54) is 29.9 Å². The smallest absolute Gasteiger partial charge is 0.381 e. The van der Waals surface area contributed by atoms with Crippen LogP contribution in [0.1, 0.15) is 40.4 Å². The van der Waals surface area contributed by atoms with Crippen molar-refractivity contribution in [2.24, 2.45) is 0 Å². The summed E-state index contributed by atoms with van der Waals surface area (Å²) in [5.74, 6) is -0.843. The lowest BCUT2D eigenvalue weighted by Crippen LogP contribution is -2.24. The first-order chi connectivity index (χ1) is 21.2. The van der Waals surface area contributed by atoms with Gasteiger partial charge in [0.1, 0.15) is 0 Å². The molecule has 1 saturated heterocycles. The first-order valence-corrected chi connectivity index (χ1v) is 14.2. The average molecular weight is 603 g/mol. The summed E-state index contributed by atoms with van der Waals surface area (Å²) < 4.78 is 49.9. The molecule has 0 radical (unpaired) electrons. The van der Waals surface area contributed by atoms with Gasteiger partial charge in [-0.3, -0.25) is 19.3 Å². The number of aromatic nitrogens is 5. The quantitative estimate of drug-likeness (QED) is 0.271. The number of ether oxygens (including phenoxy) is 1. The van der Waals surface area contributed by atoms with E-state index in [4.69, 9.17) is 4.74 Å². The lowest BCUT2D eigenvalue weighted by Gasteiger charge is -2.22. The first kappa shape index (κ1) is 29.2. The number of aryl methyl sites for hydroxylation is 2. The highest BCUT2D eigenvalue weighted by molar-refractivity contribution is 5.96. The minimum atomic E-state index is -4.75. The molecule has 44 heavy (non-hydrogen) atoms. The SMILES string of the molecule is CNC(=O)c1ccc(-c2ccc(=O)n(CCc3ccc4ncc(-c5cnn(C6CCOCC6)c5)cc4c3)n2)cc1C(F)(F)F. The van der Waals surface area contributed by atoms with Crippen LogP contribution >= 0.6 is 0 Å². The summed E-state index contributed by atoms with van der Waals surface area (Å²) in [6, 6.07) is 14.3. The number of carbonyl (C=O) groups excluding carboxylic acids is 1. The Morgan fingerprint density at radius 1 is 1.00 bits per heavy atom. The molecule has 0 saturated carbocycles. The molecule has 4 heterocycles. The predicted octanol–water partition coefficient (Wildman–Crippen LogP) is 5.29.